The first-order valence-electron chi connectivity index (χ1n) is 8.22. The summed E-state index contributed by atoms with van der Waals surface area (Å²) in [6.07, 6.45) is 1.96. The molecule has 1 aromatic heterocycles. The van der Waals surface area contributed by atoms with Gasteiger partial charge in [0, 0.05) is 17.1 Å². The lowest BCUT2D eigenvalue weighted by Crippen LogP contribution is -2.51. The van der Waals surface area contributed by atoms with Crippen LogP contribution in [0.3, 0.4) is 0 Å². The third-order valence-corrected chi connectivity index (χ3v) is 4.35. The molecule has 132 valence electrons. The fraction of sp³-hybridized carbons (Fsp3) is 0.438. The van der Waals surface area contributed by atoms with Gasteiger partial charge < -0.3 is 10.6 Å². The first kappa shape index (κ1) is 17.3. The van der Waals surface area contributed by atoms with Crippen LogP contribution in [0.5, 0.6) is 0 Å². The molecule has 0 bridgehead atoms. The Bertz CT molecular complexity index is 760. The van der Waals surface area contributed by atoms with E-state index in [2.05, 4.69) is 26.0 Å². The van der Waals surface area contributed by atoms with Crippen LogP contribution in [0.25, 0.3) is 11.4 Å². The molecule has 2 aromatic rings. The first-order chi connectivity index (χ1) is 12.1. The maximum atomic E-state index is 12.5. The molecule has 25 heavy (non-hydrogen) atoms. The molecule has 1 aliphatic heterocycles. The number of hydrogen-bond acceptors (Lipinski definition) is 5. The molecule has 1 aliphatic rings. The van der Waals surface area contributed by atoms with Gasteiger partial charge in [-0.05, 0) is 48.7 Å². The summed E-state index contributed by atoms with van der Waals surface area (Å²) in [7, 11) is 0. The van der Waals surface area contributed by atoms with Crippen LogP contribution in [-0.4, -0.2) is 44.6 Å². The van der Waals surface area contributed by atoms with Crippen LogP contribution in [0.15, 0.2) is 24.3 Å². The summed E-state index contributed by atoms with van der Waals surface area (Å²) in [4.78, 5) is 25.6. The number of halogens is 1. The Kier molecular flexibility index (Phi) is 5.28. The van der Waals surface area contributed by atoms with E-state index in [-0.39, 0.29) is 11.8 Å². The largest absolute Gasteiger partial charge is 0.354 e. The number of benzene rings is 1. The summed E-state index contributed by atoms with van der Waals surface area (Å²) in [6.45, 7) is 2.51. The third-order valence-electron chi connectivity index (χ3n) is 4.10. The predicted octanol–water partition coefficient (Wildman–Crippen LogP) is 1.34. The van der Waals surface area contributed by atoms with E-state index >= 15 is 0 Å². The fourth-order valence-electron chi connectivity index (χ4n) is 2.70. The van der Waals surface area contributed by atoms with Crippen molar-refractivity contribution in [3.05, 3.63) is 29.3 Å². The quantitative estimate of drug-likeness (QED) is 0.835. The van der Waals surface area contributed by atoms with Crippen LogP contribution < -0.4 is 10.6 Å². The van der Waals surface area contributed by atoms with E-state index < -0.39 is 12.1 Å². The Balaban J connectivity index is 1.73. The van der Waals surface area contributed by atoms with Gasteiger partial charge in [-0.2, -0.15) is 4.80 Å². The van der Waals surface area contributed by atoms with Crippen molar-refractivity contribution >= 4 is 23.4 Å². The minimum Gasteiger partial charge on any atom is -0.354 e. The lowest BCUT2D eigenvalue weighted by atomic mass is 10.1. The molecule has 0 aliphatic carbocycles. The van der Waals surface area contributed by atoms with E-state index in [4.69, 9.17) is 11.6 Å². The number of carbonyl (C=O) groups is 2. The summed E-state index contributed by atoms with van der Waals surface area (Å²) < 4.78 is 0. The van der Waals surface area contributed by atoms with E-state index in [0.29, 0.717) is 30.2 Å². The Morgan fingerprint density at radius 3 is 2.88 bits per heavy atom. The summed E-state index contributed by atoms with van der Waals surface area (Å²) in [5.74, 6) is -0.0224. The number of nitrogens with one attached hydrogen (secondary N) is 2. The summed E-state index contributed by atoms with van der Waals surface area (Å²) in [5.41, 5.74) is 0.762. The number of rotatable bonds is 5. The zero-order chi connectivity index (χ0) is 17.8. The van der Waals surface area contributed by atoms with Crippen LogP contribution in [0.4, 0.5) is 0 Å². The van der Waals surface area contributed by atoms with Gasteiger partial charge in [0.15, 0.2) is 6.04 Å². The molecule has 2 N–H and O–H groups in total. The molecule has 1 fully saturated rings. The number of aromatic nitrogens is 4. The van der Waals surface area contributed by atoms with Crippen molar-refractivity contribution in [1.82, 2.24) is 30.8 Å². The molecular weight excluding hydrogens is 344 g/mol. The van der Waals surface area contributed by atoms with Gasteiger partial charge in [-0.1, -0.05) is 18.5 Å². The highest BCUT2D eigenvalue weighted by Crippen LogP contribution is 2.18. The molecule has 1 aromatic carbocycles. The Morgan fingerprint density at radius 1 is 1.44 bits per heavy atom. The monoisotopic (exact) mass is 362 g/mol. The smallest absolute Gasteiger partial charge is 0.247 e. The zero-order valence-electron chi connectivity index (χ0n) is 13.8. The Hall–Kier alpha value is -2.48. The number of amides is 2. The van der Waals surface area contributed by atoms with Gasteiger partial charge in [0.1, 0.15) is 6.04 Å². The lowest BCUT2D eigenvalue weighted by molar-refractivity contribution is -0.132. The Labute approximate surface area is 149 Å². The van der Waals surface area contributed by atoms with Crippen molar-refractivity contribution in [1.29, 1.82) is 0 Å². The molecule has 0 spiro atoms. The second-order valence-corrected chi connectivity index (χ2v) is 6.30. The standard InChI is InChI=1S/C16H19ClN6O2/c1-2-13(16(25)19-12-4-3-9-18-15(12)24)23-21-14(20-22-23)10-5-7-11(17)8-6-10/h5-8,12-13H,2-4,9H2,1H3,(H,18,24)(H,19,25). The van der Waals surface area contributed by atoms with Crippen LogP contribution in [0.1, 0.15) is 32.2 Å². The lowest BCUT2D eigenvalue weighted by Gasteiger charge is -2.24. The van der Waals surface area contributed by atoms with Gasteiger partial charge in [-0.25, -0.2) is 0 Å². The average Bonchev–Trinajstić information content (AvgIpc) is 3.08. The maximum Gasteiger partial charge on any atom is 0.247 e. The third kappa shape index (κ3) is 3.96. The summed E-state index contributed by atoms with van der Waals surface area (Å²) in [5, 5.41) is 18.5. The second-order valence-electron chi connectivity index (χ2n) is 5.86. The van der Waals surface area contributed by atoms with Gasteiger partial charge in [-0.3, -0.25) is 9.59 Å². The van der Waals surface area contributed by atoms with E-state index in [1.165, 1.54) is 4.80 Å². The summed E-state index contributed by atoms with van der Waals surface area (Å²) >= 11 is 5.88. The van der Waals surface area contributed by atoms with Crippen molar-refractivity contribution in [3.63, 3.8) is 0 Å². The van der Waals surface area contributed by atoms with Crippen LogP contribution in [-0.2, 0) is 9.59 Å². The molecule has 2 atom stereocenters. The number of hydrogen-bond donors (Lipinski definition) is 2. The van der Waals surface area contributed by atoms with Gasteiger partial charge in [-0.15, -0.1) is 10.2 Å². The molecule has 8 nitrogen and oxygen atoms in total. The second kappa shape index (κ2) is 7.60. The molecule has 1 saturated heterocycles. The normalized spacial score (nSPS) is 18.5. The number of piperidine rings is 1. The highest BCUT2D eigenvalue weighted by Gasteiger charge is 2.28. The maximum absolute atomic E-state index is 12.5. The van der Waals surface area contributed by atoms with Crippen molar-refractivity contribution in [3.8, 4) is 11.4 Å². The molecule has 2 unspecified atom stereocenters. The first-order valence-corrected chi connectivity index (χ1v) is 8.60. The van der Waals surface area contributed by atoms with Gasteiger partial charge >= 0.3 is 0 Å². The topological polar surface area (TPSA) is 102 Å². The number of carbonyl (C=O) groups excluding carboxylic acids is 2. The van der Waals surface area contributed by atoms with E-state index in [1.807, 2.05) is 6.92 Å². The van der Waals surface area contributed by atoms with Crippen molar-refractivity contribution in [2.45, 2.75) is 38.3 Å². The molecule has 3 rings (SSSR count). The Morgan fingerprint density at radius 2 is 2.20 bits per heavy atom. The fourth-order valence-corrected chi connectivity index (χ4v) is 2.83. The highest BCUT2D eigenvalue weighted by molar-refractivity contribution is 6.30. The zero-order valence-corrected chi connectivity index (χ0v) is 14.5. The average molecular weight is 363 g/mol. The van der Waals surface area contributed by atoms with Crippen molar-refractivity contribution in [2.24, 2.45) is 0 Å². The van der Waals surface area contributed by atoms with E-state index in [9.17, 15) is 9.59 Å². The molecule has 9 heteroatoms. The molecule has 0 radical (unpaired) electrons. The SMILES string of the molecule is CCC(C(=O)NC1CCCNC1=O)n1nnc(-c2ccc(Cl)cc2)n1. The summed E-state index contributed by atoms with van der Waals surface area (Å²) in [6, 6.07) is 5.93. The van der Waals surface area contributed by atoms with E-state index in [0.717, 1.165) is 12.0 Å². The predicted molar refractivity (Wildman–Crippen MR) is 91.8 cm³/mol. The van der Waals surface area contributed by atoms with Gasteiger partial charge in [0.2, 0.25) is 17.6 Å². The van der Waals surface area contributed by atoms with Crippen molar-refractivity contribution < 1.29 is 9.59 Å². The minimum atomic E-state index is -0.622. The van der Waals surface area contributed by atoms with Crippen molar-refractivity contribution in [2.75, 3.05) is 6.54 Å². The molecule has 2 amide bonds. The molecule has 0 saturated carbocycles. The molecule has 2 heterocycles. The van der Waals surface area contributed by atoms with Crippen LogP contribution in [0.2, 0.25) is 5.02 Å². The number of tetrazole rings is 1. The van der Waals surface area contributed by atoms with Crippen LogP contribution >= 0.6 is 11.6 Å². The number of nitrogens with zero attached hydrogens (tertiary/aromatic N) is 4. The minimum absolute atomic E-state index is 0.150. The highest BCUT2D eigenvalue weighted by atomic mass is 35.5. The van der Waals surface area contributed by atoms with Crippen LogP contribution in [0, 0.1) is 0 Å². The van der Waals surface area contributed by atoms with E-state index in [1.54, 1.807) is 24.3 Å². The molecular formula is C16H19ClN6O2. The van der Waals surface area contributed by atoms with Gasteiger partial charge in [0.05, 0.1) is 0 Å². The van der Waals surface area contributed by atoms with Gasteiger partial charge in [0.25, 0.3) is 0 Å².